The summed E-state index contributed by atoms with van der Waals surface area (Å²) in [6, 6.07) is 6.92. The highest BCUT2D eigenvalue weighted by Gasteiger charge is 2.13. The Morgan fingerprint density at radius 2 is 1.85 bits per heavy atom. The summed E-state index contributed by atoms with van der Waals surface area (Å²) in [4.78, 5) is 11.1. The Hall–Kier alpha value is -1.44. The van der Waals surface area contributed by atoms with Crippen LogP contribution in [0.2, 0.25) is 0 Å². The zero-order valence-electron chi connectivity index (χ0n) is 11.3. The molecule has 0 saturated carbocycles. The SMILES string of the molecule is CCOC(=O)CCS(=O)(=O)NCc1ccc(CO)cc1. The van der Waals surface area contributed by atoms with Gasteiger partial charge in [0.15, 0.2) is 0 Å². The first kappa shape index (κ1) is 16.6. The molecule has 0 amide bonds. The highest BCUT2D eigenvalue weighted by Crippen LogP contribution is 2.05. The summed E-state index contributed by atoms with van der Waals surface area (Å²) in [6.45, 7) is 2.01. The zero-order chi connectivity index (χ0) is 15.0. The Balaban J connectivity index is 2.44. The molecule has 0 aliphatic rings. The first-order valence-electron chi connectivity index (χ1n) is 6.28. The predicted octanol–water partition coefficient (Wildman–Crippen LogP) is 0.551. The fraction of sp³-hybridized carbons (Fsp3) is 0.462. The molecular weight excluding hydrogens is 282 g/mol. The van der Waals surface area contributed by atoms with Crippen LogP contribution in [-0.4, -0.2) is 31.9 Å². The molecule has 112 valence electrons. The minimum Gasteiger partial charge on any atom is -0.466 e. The van der Waals surface area contributed by atoms with E-state index in [0.717, 1.165) is 11.1 Å². The number of nitrogens with one attached hydrogen (secondary N) is 1. The molecule has 0 heterocycles. The Bertz CT molecular complexity index is 524. The monoisotopic (exact) mass is 301 g/mol. The molecule has 1 aromatic rings. The molecule has 20 heavy (non-hydrogen) atoms. The van der Waals surface area contributed by atoms with Gasteiger partial charge in [-0.3, -0.25) is 4.79 Å². The average molecular weight is 301 g/mol. The second-order valence-corrected chi connectivity index (χ2v) is 6.10. The van der Waals surface area contributed by atoms with Gasteiger partial charge in [0.25, 0.3) is 0 Å². The number of rotatable bonds is 8. The second kappa shape index (κ2) is 7.98. The first-order chi connectivity index (χ1) is 9.46. The van der Waals surface area contributed by atoms with E-state index >= 15 is 0 Å². The Morgan fingerprint density at radius 3 is 2.40 bits per heavy atom. The number of benzene rings is 1. The minimum atomic E-state index is -3.51. The van der Waals surface area contributed by atoms with Gasteiger partial charge in [0.1, 0.15) is 0 Å². The molecule has 0 radical (unpaired) electrons. The third-order valence-corrected chi connectivity index (χ3v) is 3.91. The summed E-state index contributed by atoms with van der Waals surface area (Å²) in [5.74, 6) is -0.814. The van der Waals surface area contributed by atoms with Gasteiger partial charge in [-0.25, -0.2) is 13.1 Å². The van der Waals surface area contributed by atoms with Crippen molar-refractivity contribution in [3.63, 3.8) is 0 Å². The van der Waals surface area contributed by atoms with E-state index in [9.17, 15) is 13.2 Å². The van der Waals surface area contributed by atoms with Crippen molar-refractivity contribution in [1.29, 1.82) is 0 Å². The molecule has 2 N–H and O–H groups in total. The topological polar surface area (TPSA) is 92.7 Å². The molecule has 0 aliphatic carbocycles. The lowest BCUT2D eigenvalue weighted by Crippen LogP contribution is -2.27. The van der Waals surface area contributed by atoms with E-state index in [4.69, 9.17) is 5.11 Å². The molecule has 0 fully saturated rings. The third kappa shape index (κ3) is 6.14. The van der Waals surface area contributed by atoms with Crippen molar-refractivity contribution >= 4 is 16.0 Å². The highest BCUT2D eigenvalue weighted by molar-refractivity contribution is 7.89. The number of aliphatic hydroxyl groups excluding tert-OH is 1. The summed E-state index contributed by atoms with van der Waals surface area (Å²) in [5.41, 5.74) is 1.54. The number of carbonyl (C=O) groups excluding carboxylic acids is 1. The number of ether oxygens (including phenoxy) is 1. The van der Waals surface area contributed by atoms with Crippen LogP contribution in [-0.2, 0) is 32.7 Å². The molecule has 0 atom stereocenters. The standard InChI is InChI=1S/C13H19NO5S/c1-2-19-13(16)7-8-20(17,18)14-9-11-3-5-12(10-15)6-4-11/h3-6,14-15H,2,7-10H2,1H3. The summed E-state index contributed by atoms with van der Waals surface area (Å²) in [5, 5.41) is 8.90. The van der Waals surface area contributed by atoms with Crippen molar-refractivity contribution in [3.8, 4) is 0 Å². The Morgan fingerprint density at radius 1 is 1.25 bits per heavy atom. The highest BCUT2D eigenvalue weighted by atomic mass is 32.2. The van der Waals surface area contributed by atoms with E-state index in [-0.39, 0.29) is 31.9 Å². The Kier molecular flexibility index (Phi) is 6.63. The van der Waals surface area contributed by atoms with Crippen LogP contribution >= 0.6 is 0 Å². The Labute approximate surface area is 118 Å². The molecule has 0 unspecified atom stereocenters. The van der Waals surface area contributed by atoms with Crippen molar-refractivity contribution in [2.45, 2.75) is 26.5 Å². The molecule has 1 rings (SSSR count). The number of carbonyl (C=O) groups is 1. The summed E-state index contributed by atoms with van der Waals surface area (Å²) < 4.78 is 30.4. The zero-order valence-corrected chi connectivity index (χ0v) is 12.1. The summed E-state index contributed by atoms with van der Waals surface area (Å²) in [7, 11) is -3.51. The molecular formula is C13H19NO5S. The molecule has 0 aliphatic heterocycles. The van der Waals surface area contributed by atoms with Gasteiger partial charge >= 0.3 is 5.97 Å². The van der Waals surface area contributed by atoms with Crippen LogP contribution in [0.15, 0.2) is 24.3 Å². The van der Waals surface area contributed by atoms with Crippen LogP contribution in [0.4, 0.5) is 0 Å². The van der Waals surface area contributed by atoms with Crippen LogP contribution < -0.4 is 4.72 Å². The number of aliphatic hydroxyl groups is 1. The lowest BCUT2D eigenvalue weighted by atomic mass is 10.1. The number of hydrogen-bond donors (Lipinski definition) is 2. The van der Waals surface area contributed by atoms with Crippen molar-refractivity contribution in [3.05, 3.63) is 35.4 Å². The fourth-order valence-electron chi connectivity index (χ4n) is 1.48. The van der Waals surface area contributed by atoms with Crippen LogP contribution in [0.1, 0.15) is 24.5 Å². The third-order valence-electron chi connectivity index (χ3n) is 2.58. The lowest BCUT2D eigenvalue weighted by Gasteiger charge is -2.07. The first-order valence-corrected chi connectivity index (χ1v) is 7.93. The van der Waals surface area contributed by atoms with E-state index in [0.29, 0.717) is 0 Å². The van der Waals surface area contributed by atoms with Crippen molar-refractivity contribution < 1.29 is 23.1 Å². The van der Waals surface area contributed by atoms with E-state index in [2.05, 4.69) is 9.46 Å². The van der Waals surface area contributed by atoms with Crippen LogP contribution in [0.3, 0.4) is 0 Å². The second-order valence-electron chi connectivity index (χ2n) is 4.17. The molecule has 1 aromatic carbocycles. The van der Waals surface area contributed by atoms with Crippen molar-refractivity contribution in [2.24, 2.45) is 0 Å². The van der Waals surface area contributed by atoms with Crippen molar-refractivity contribution in [1.82, 2.24) is 4.72 Å². The largest absolute Gasteiger partial charge is 0.466 e. The predicted molar refractivity (Wildman–Crippen MR) is 74.2 cm³/mol. The smallest absolute Gasteiger partial charge is 0.306 e. The van der Waals surface area contributed by atoms with Gasteiger partial charge in [-0.15, -0.1) is 0 Å². The van der Waals surface area contributed by atoms with E-state index < -0.39 is 16.0 Å². The fourth-order valence-corrected chi connectivity index (χ4v) is 2.45. The van der Waals surface area contributed by atoms with E-state index in [1.807, 2.05) is 0 Å². The van der Waals surface area contributed by atoms with E-state index in [1.165, 1.54) is 0 Å². The molecule has 7 heteroatoms. The number of hydrogen-bond acceptors (Lipinski definition) is 5. The molecule has 0 aromatic heterocycles. The van der Waals surface area contributed by atoms with Crippen LogP contribution in [0.5, 0.6) is 0 Å². The van der Waals surface area contributed by atoms with Crippen LogP contribution in [0, 0.1) is 0 Å². The lowest BCUT2D eigenvalue weighted by molar-refractivity contribution is -0.142. The average Bonchev–Trinajstić information content (AvgIpc) is 2.44. The maximum absolute atomic E-state index is 11.7. The van der Waals surface area contributed by atoms with Gasteiger partial charge < -0.3 is 9.84 Å². The quantitative estimate of drug-likeness (QED) is 0.684. The summed E-state index contributed by atoms with van der Waals surface area (Å²) >= 11 is 0. The van der Waals surface area contributed by atoms with Gasteiger partial charge in [-0.05, 0) is 18.1 Å². The van der Waals surface area contributed by atoms with Crippen molar-refractivity contribution in [2.75, 3.05) is 12.4 Å². The van der Waals surface area contributed by atoms with E-state index in [1.54, 1.807) is 31.2 Å². The van der Waals surface area contributed by atoms with Gasteiger partial charge in [-0.2, -0.15) is 0 Å². The van der Waals surface area contributed by atoms with Gasteiger partial charge in [0.2, 0.25) is 10.0 Å². The molecule has 0 bridgehead atoms. The molecule has 0 spiro atoms. The minimum absolute atomic E-state index is 0.0501. The number of esters is 1. The molecule has 6 nitrogen and oxygen atoms in total. The normalized spacial score (nSPS) is 11.3. The van der Waals surface area contributed by atoms with Gasteiger partial charge in [0.05, 0.1) is 25.4 Å². The van der Waals surface area contributed by atoms with Gasteiger partial charge in [-0.1, -0.05) is 24.3 Å². The van der Waals surface area contributed by atoms with Gasteiger partial charge in [0, 0.05) is 6.54 Å². The summed E-state index contributed by atoms with van der Waals surface area (Å²) in [6.07, 6.45) is -0.160. The maximum Gasteiger partial charge on any atom is 0.306 e. The molecule has 0 saturated heterocycles. The number of sulfonamides is 1. The van der Waals surface area contributed by atoms with Crippen LogP contribution in [0.25, 0.3) is 0 Å². The maximum atomic E-state index is 11.7.